The number of aromatic nitrogens is 7. The van der Waals surface area contributed by atoms with Crippen LogP contribution in [0.1, 0.15) is 55.6 Å². The number of pyridine rings is 1. The number of anilines is 2. The zero-order chi connectivity index (χ0) is 28.8. The van der Waals surface area contributed by atoms with Crippen molar-refractivity contribution in [2.24, 2.45) is 36.1 Å². The Labute approximate surface area is 243 Å². The number of aryl methyl sites for hydroxylation is 1. The van der Waals surface area contributed by atoms with Gasteiger partial charge in [-0.15, -0.1) is 5.10 Å². The van der Waals surface area contributed by atoms with Gasteiger partial charge in [-0.05, 0) is 61.8 Å². The van der Waals surface area contributed by atoms with Gasteiger partial charge in [0.15, 0.2) is 11.6 Å². The summed E-state index contributed by atoms with van der Waals surface area (Å²) in [5.74, 6) is 2.80. The SMILES string of the molecule is Cn1cc(-c2cnc(N)c(OCC3CCN(c4nc(OC[C@H]5C[C@H]5C#N)nc(C(=O)CC56CC(C5)C6)n4)CC3)c2)nn1. The van der Waals surface area contributed by atoms with Gasteiger partial charge in [0.2, 0.25) is 17.6 Å². The van der Waals surface area contributed by atoms with Crippen LogP contribution in [0.25, 0.3) is 11.3 Å². The van der Waals surface area contributed by atoms with E-state index >= 15 is 0 Å². The minimum atomic E-state index is -0.0406. The number of hydrogen-bond acceptors (Lipinski definition) is 12. The van der Waals surface area contributed by atoms with Gasteiger partial charge in [-0.2, -0.15) is 20.2 Å². The van der Waals surface area contributed by atoms with Crippen molar-refractivity contribution in [2.75, 3.05) is 36.9 Å². The maximum absolute atomic E-state index is 13.2. The van der Waals surface area contributed by atoms with Gasteiger partial charge in [0.1, 0.15) is 5.69 Å². The van der Waals surface area contributed by atoms with Crippen LogP contribution in [0.2, 0.25) is 0 Å². The summed E-state index contributed by atoms with van der Waals surface area (Å²) in [4.78, 5) is 33.2. The van der Waals surface area contributed by atoms with E-state index in [1.54, 1.807) is 10.9 Å². The van der Waals surface area contributed by atoms with Crippen molar-refractivity contribution < 1.29 is 14.3 Å². The molecule has 4 aliphatic carbocycles. The number of carbonyl (C=O) groups is 1. The molecule has 8 rings (SSSR count). The summed E-state index contributed by atoms with van der Waals surface area (Å²) < 4.78 is 13.6. The molecule has 3 aromatic rings. The molecule has 3 aromatic heterocycles. The number of nitrogens with two attached hydrogens (primary N) is 1. The zero-order valence-electron chi connectivity index (χ0n) is 23.6. The molecule has 5 fully saturated rings. The van der Waals surface area contributed by atoms with Crippen LogP contribution in [-0.4, -0.2) is 67.0 Å². The molecule has 5 aliphatic rings. The van der Waals surface area contributed by atoms with Crippen molar-refractivity contribution in [1.82, 2.24) is 34.9 Å². The second kappa shape index (κ2) is 10.5. The van der Waals surface area contributed by atoms with E-state index in [1.807, 2.05) is 19.3 Å². The number of carbonyl (C=O) groups excluding carboxylic acids is 1. The van der Waals surface area contributed by atoms with E-state index in [0.29, 0.717) is 61.9 Å². The molecule has 4 heterocycles. The maximum atomic E-state index is 13.2. The molecule has 2 N–H and O–H groups in total. The Kier molecular flexibility index (Phi) is 6.63. The predicted octanol–water partition coefficient (Wildman–Crippen LogP) is 2.85. The lowest BCUT2D eigenvalue weighted by molar-refractivity contribution is -0.103. The largest absolute Gasteiger partial charge is 0.489 e. The second-order valence-corrected chi connectivity index (χ2v) is 12.5. The molecular formula is C29H34N10O3. The first-order valence-corrected chi connectivity index (χ1v) is 14.7. The topological polar surface area (TPSA) is 171 Å². The lowest BCUT2D eigenvalue weighted by atomic mass is 9.43. The normalized spacial score (nSPS) is 26.1. The van der Waals surface area contributed by atoms with Crippen molar-refractivity contribution in [3.8, 4) is 29.1 Å². The third kappa shape index (κ3) is 5.33. The van der Waals surface area contributed by atoms with Crippen molar-refractivity contribution in [3.05, 3.63) is 24.3 Å². The number of ketones is 1. The highest BCUT2D eigenvalue weighted by molar-refractivity contribution is 5.93. The van der Waals surface area contributed by atoms with Crippen molar-refractivity contribution in [1.29, 1.82) is 5.26 Å². The summed E-state index contributed by atoms with van der Waals surface area (Å²) in [5.41, 5.74) is 7.75. The number of nitriles is 1. The van der Waals surface area contributed by atoms with Gasteiger partial charge in [-0.1, -0.05) is 5.21 Å². The summed E-state index contributed by atoms with van der Waals surface area (Å²) in [5, 5.41) is 17.2. The summed E-state index contributed by atoms with van der Waals surface area (Å²) >= 11 is 0. The van der Waals surface area contributed by atoms with E-state index in [1.165, 1.54) is 0 Å². The standard InChI is InChI=1S/C29H34N10O3/c1-38-14-22(36-37-38)20-7-24(25(31)32-13-20)41-15-17-2-4-39(5-3-17)27-33-26(23(40)11-29-8-18(9-29)10-29)34-28(35-27)42-16-21-6-19(21)12-30/h7,13-14,17-19,21H,2-6,8-11,15-16H2,1H3,(H2,31,32)/t18?,19-,21+,29?/m0/s1. The Hall–Kier alpha value is -4.34. The fourth-order valence-electron chi connectivity index (χ4n) is 6.44. The number of piperidine rings is 1. The highest BCUT2D eigenvalue weighted by Gasteiger charge is 2.57. The fraction of sp³-hybridized carbons (Fsp3) is 0.586. The second-order valence-electron chi connectivity index (χ2n) is 12.5. The van der Waals surface area contributed by atoms with E-state index < -0.39 is 0 Å². The van der Waals surface area contributed by atoms with Crippen LogP contribution in [0.4, 0.5) is 11.8 Å². The summed E-state index contributed by atoms with van der Waals surface area (Å²) in [6, 6.07) is 4.29. The first kappa shape index (κ1) is 26.6. The molecule has 0 unspecified atom stereocenters. The molecule has 0 amide bonds. The van der Waals surface area contributed by atoms with Gasteiger partial charge < -0.3 is 20.1 Å². The van der Waals surface area contributed by atoms with Crippen LogP contribution in [0.3, 0.4) is 0 Å². The summed E-state index contributed by atoms with van der Waals surface area (Å²) in [6.45, 7) is 2.30. The van der Waals surface area contributed by atoms with E-state index in [2.05, 4.69) is 41.2 Å². The quantitative estimate of drug-likeness (QED) is 0.335. The van der Waals surface area contributed by atoms with Crippen LogP contribution in [0.5, 0.6) is 11.8 Å². The van der Waals surface area contributed by atoms with Crippen LogP contribution in [-0.2, 0) is 7.05 Å². The number of ether oxygens (including phenoxy) is 2. The van der Waals surface area contributed by atoms with Gasteiger partial charge in [0.05, 0.1) is 31.4 Å². The lowest BCUT2D eigenvalue weighted by Crippen LogP contribution is -2.52. The highest BCUT2D eigenvalue weighted by Crippen LogP contribution is 2.66. The molecule has 4 saturated carbocycles. The molecule has 2 atom stereocenters. The number of rotatable bonds is 11. The molecule has 13 heteroatoms. The first-order valence-electron chi connectivity index (χ1n) is 14.7. The first-order chi connectivity index (χ1) is 20.4. The zero-order valence-corrected chi connectivity index (χ0v) is 23.6. The molecule has 0 aromatic carbocycles. The smallest absolute Gasteiger partial charge is 0.321 e. The highest BCUT2D eigenvalue weighted by atomic mass is 16.5. The third-order valence-electron chi connectivity index (χ3n) is 9.22. The Bertz CT molecular complexity index is 1530. The van der Waals surface area contributed by atoms with Gasteiger partial charge in [-0.3, -0.25) is 9.48 Å². The van der Waals surface area contributed by atoms with Crippen molar-refractivity contribution in [2.45, 2.75) is 44.9 Å². The van der Waals surface area contributed by atoms with Crippen LogP contribution < -0.4 is 20.1 Å². The predicted molar refractivity (Wildman–Crippen MR) is 150 cm³/mol. The van der Waals surface area contributed by atoms with E-state index in [4.69, 9.17) is 20.5 Å². The number of nitrogen functional groups attached to an aromatic ring is 1. The summed E-state index contributed by atoms with van der Waals surface area (Å²) in [6.07, 6.45) is 9.92. The monoisotopic (exact) mass is 570 g/mol. The number of hydrogen-bond donors (Lipinski definition) is 1. The fourth-order valence-corrected chi connectivity index (χ4v) is 6.44. The minimum absolute atomic E-state index is 0.0264. The molecule has 13 nitrogen and oxygen atoms in total. The van der Waals surface area contributed by atoms with Crippen molar-refractivity contribution >= 4 is 17.5 Å². The van der Waals surface area contributed by atoms with Gasteiger partial charge in [0, 0.05) is 44.2 Å². The number of Topliss-reactive ketones (excluding diaryl/α,β-unsaturated/α-hetero) is 1. The maximum Gasteiger partial charge on any atom is 0.321 e. The molecular weight excluding hydrogens is 536 g/mol. The van der Waals surface area contributed by atoms with Crippen LogP contribution >= 0.6 is 0 Å². The molecule has 0 spiro atoms. The molecule has 1 saturated heterocycles. The lowest BCUT2D eigenvalue weighted by Gasteiger charge is -2.61. The Morgan fingerprint density at radius 2 is 1.98 bits per heavy atom. The molecule has 42 heavy (non-hydrogen) atoms. The van der Waals surface area contributed by atoms with Crippen LogP contribution in [0, 0.1) is 40.4 Å². The molecule has 218 valence electrons. The van der Waals surface area contributed by atoms with E-state index in [9.17, 15) is 4.79 Å². The molecule has 0 radical (unpaired) electrons. The van der Waals surface area contributed by atoms with Gasteiger partial charge in [0.25, 0.3) is 0 Å². The third-order valence-corrected chi connectivity index (χ3v) is 9.22. The Morgan fingerprint density at radius 1 is 1.17 bits per heavy atom. The van der Waals surface area contributed by atoms with E-state index in [0.717, 1.165) is 50.0 Å². The number of nitrogens with zero attached hydrogens (tertiary/aromatic N) is 9. The van der Waals surface area contributed by atoms with Crippen molar-refractivity contribution in [3.63, 3.8) is 0 Å². The Morgan fingerprint density at radius 3 is 2.64 bits per heavy atom. The average Bonchev–Trinajstić information content (AvgIpc) is 3.60. The molecule has 1 aliphatic heterocycles. The van der Waals surface area contributed by atoms with Crippen LogP contribution in [0.15, 0.2) is 18.5 Å². The van der Waals surface area contributed by atoms with Gasteiger partial charge >= 0.3 is 6.01 Å². The van der Waals surface area contributed by atoms with E-state index in [-0.39, 0.29) is 34.9 Å². The van der Waals surface area contributed by atoms with Gasteiger partial charge in [-0.25, -0.2) is 4.98 Å². The molecule has 2 bridgehead atoms. The summed E-state index contributed by atoms with van der Waals surface area (Å²) in [7, 11) is 1.81. The Balaban J connectivity index is 0.991. The minimum Gasteiger partial charge on any atom is -0.489 e. The average molecular weight is 571 g/mol.